The molecule has 44 heavy (non-hydrogen) atoms. The number of halogens is 1. The van der Waals surface area contributed by atoms with E-state index in [2.05, 4.69) is 69.9 Å². The van der Waals surface area contributed by atoms with Gasteiger partial charge in [-0.2, -0.15) is 5.10 Å². The molecule has 0 aliphatic carbocycles. The van der Waals surface area contributed by atoms with Crippen LogP contribution in [0.3, 0.4) is 0 Å². The van der Waals surface area contributed by atoms with E-state index in [0.717, 1.165) is 50.0 Å². The van der Waals surface area contributed by atoms with Crippen LogP contribution in [-0.4, -0.2) is 19.3 Å². The second-order valence-electron chi connectivity index (χ2n) is 12.2. The number of hydrogen-bond acceptors (Lipinski definition) is 3. The summed E-state index contributed by atoms with van der Waals surface area (Å²) in [6.07, 6.45) is 1.49. The first-order valence-corrected chi connectivity index (χ1v) is 14.8. The molecule has 7 aromatic rings. The molecule has 218 valence electrons. The van der Waals surface area contributed by atoms with Gasteiger partial charge in [0, 0.05) is 46.4 Å². The van der Waals surface area contributed by atoms with Gasteiger partial charge in [-0.1, -0.05) is 69.3 Å². The third-order valence-electron chi connectivity index (χ3n) is 8.21. The minimum Gasteiger partial charge on any atom is -0.457 e. The van der Waals surface area contributed by atoms with Crippen LogP contribution in [0, 0.1) is 19.7 Å². The van der Waals surface area contributed by atoms with Gasteiger partial charge in [0.15, 0.2) is 0 Å². The number of para-hydroxylation sites is 1. The van der Waals surface area contributed by atoms with Crippen molar-refractivity contribution in [3.63, 3.8) is 0 Å². The maximum Gasteiger partial charge on any atom is 0.140 e. The molecule has 0 bridgehead atoms. The first-order valence-electron chi connectivity index (χ1n) is 14.8. The van der Waals surface area contributed by atoms with Gasteiger partial charge in [0.05, 0.1) is 22.4 Å². The van der Waals surface area contributed by atoms with Gasteiger partial charge in [-0.3, -0.25) is 4.57 Å². The predicted octanol–water partition coefficient (Wildman–Crippen LogP) is 9.88. The van der Waals surface area contributed by atoms with Gasteiger partial charge in [-0.05, 0) is 66.8 Å². The average molecular weight is 581 g/mol. The molecule has 6 heteroatoms. The van der Waals surface area contributed by atoms with Crippen molar-refractivity contribution < 1.29 is 9.13 Å². The summed E-state index contributed by atoms with van der Waals surface area (Å²) >= 11 is 0. The number of aromatic nitrogens is 4. The van der Waals surface area contributed by atoms with E-state index in [1.165, 1.54) is 23.9 Å². The number of rotatable bonds is 5. The lowest BCUT2D eigenvalue weighted by Gasteiger charge is -2.19. The van der Waals surface area contributed by atoms with Gasteiger partial charge >= 0.3 is 0 Å². The summed E-state index contributed by atoms with van der Waals surface area (Å²) in [6.45, 7) is 10.8. The standard InChI is InChI=1S/C38H33FN4O/c1-24-37(26-13-15-27(16-14-26)38(3,4)5)25(2)43(41-24)29-9-8-10-30(22-29)44-31-17-18-33-32-11-6-7-12-34(32)42(35(33)23-31)36-21-28(39)19-20-40-36/h6-23H,1-5H3. The fraction of sp³-hybridized carbons (Fsp3) is 0.158. The van der Waals surface area contributed by atoms with Crippen LogP contribution in [0.2, 0.25) is 0 Å². The van der Waals surface area contributed by atoms with Crippen LogP contribution in [0.1, 0.15) is 37.7 Å². The van der Waals surface area contributed by atoms with Crippen molar-refractivity contribution in [1.82, 2.24) is 19.3 Å². The second-order valence-corrected chi connectivity index (χ2v) is 12.2. The zero-order chi connectivity index (χ0) is 30.6. The Kier molecular flexibility index (Phi) is 6.58. The Morgan fingerprint density at radius 3 is 2.25 bits per heavy atom. The van der Waals surface area contributed by atoms with Gasteiger partial charge in [-0.25, -0.2) is 14.1 Å². The van der Waals surface area contributed by atoms with Gasteiger partial charge in [0.1, 0.15) is 23.1 Å². The van der Waals surface area contributed by atoms with E-state index in [1.54, 1.807) is 0 Å². The number of nitrogens with zero attached hydrogens (tertiary/aromatic N) is 4. The quantitative estimate of drug-likeness (QED) is 0.204. The molecule has 0 unspecified atom stereocenters. The molecule has 0 aliphatic heterocycles. The lowest BCUT2D eigenvalue weighted by atomic mass is 9.86. The minimum absolute atomic E-state index is 0.102. The van der Waals surface area contributed by atoms with Crippen molar-refractivity contribution in [1.29, 1.82) is 0 Å². The average Bonchev–Trinajstić information content (AvgIpc) is 3.49. The monoisotopic (exact) mass is 580 g/mol. The molecule has 0 amide bonds. The topological polar surface area (TPSA) is 44.9 Å². The molecule has 4 aromatic carbocycles. The molecule has 3 aromatic heterocycles. The fourth-order valence-corrected chi connectivity index (χ4v) is 6.04. The van der Waals surface area contributed by atoms with E-state index in [1.807, 2.05) is 69.9 Å². The normalized spacial score (nSPS) is 11.9. The molecule has 0 fully saturated rings. The van der Waals surface area contributed by atoms with E-state index in [-0.39, 0.29) is 11.2 Å². The maximum atomic E-state index is 14.2. The molecule has 0 atom stereocenters. The molecule has 0 saturated heterocycles. The zero-order valence-corrected chi connectivity index (χ0v) is 25.5. The highest BCUT2D eigenvalue weighted by molar-refractivity contribution is 6.09. The number of aryl methyl sites for hydroxylation is 1. The zero-order valence-electron chi connectivity index (χ0n) is 25.5. The van der Waals surface area contributed by atoms with Crippen LogP contribution < -0.4 is 4.74 Å². The smallest absolute Gasteiger partial charge is 0.140 e. The van der Waals surface area contributed by atoms with Crippen molar-refractivity contribution in [2.24, 2.45) is 0 Å². The highest BCUT2D eigenvalue weighted by Gasteiger charge is 2.18. The third kappa shape index (κ3) is 4.82. The van der Waals surface area contributed by atoms with Crippen LogP contribution in [-0.2, 0) is 5.41 Å². The maximum absolute atomic E-state index is 14.2. The first-order chi connectivity index (χ1) is 21.2. The fourth-order valence-electron chi connectivity index (χ4n) is 6.04. The summed E-state index contributed by atoms with van der Waals surface area (Å²) in [7, 11) is 0. The molecule has 5 nitrogen and oxygen atoms in total. The third-order valence-corrected chi connectivity index (χ3v) is 8.21. The number of fused-ring (bicyclic) bond motifs is 3. The Hall–Kier alpha value is -5.23. The number of benzene rings is 4. The van der Waals surface area contributed by atoms with Gasteiger partial charge < -0.3 is 4.74 Å². The molecule has 0 spiro atoms. The van der Waals surface area contributed by atoms with Crippen molar-refractivity contribution in [2.75, 3.05) is 0 Å². The van der Waals surface area contributed by atoms with Crippen LogP contribution in [0.15, 0.2) is 109 Å². The molecular formula is C38H33FN4O. The predicted molar refractivity (Wildman–Crippen MR) is 176 cm³/mol. The van der Waals surface area contributed by atoms with Crippen LogP contribution in [0.4, 0.5) is 4.39 Å². The summed E-state index contributed by atoms with van der Waals surface area (Å²) in [5.74, 6) is 1.54. The minimum atomic E-state index is -0.334. The SMILES string of the molecule is Cc1nn(-c2cccc(Oc3ccc4c5ccccc5n(-c5cc(F)ccn5)c4c3)c2)c(C)c1-c1ccc(C(C)(C)C)cc1. The Morgan fingerprint density at radius 1 is 0.727 bits per heavy atom. The molecule has 0 N–H and O–H groups in total. The highest BCUT2D eigenvalue weighted by Crippen LogP contribution is 2.36. The first kappa shape index (κ1) is 27.6. The lowest BCUT2D eigenvalue weighted by Crippen LogP contribution is -2.10. The molecule has 7 rings (SSSR count). The Morgan fingerprint density at radius 2 is 1.48 bits per heavy atom. The van der Waals surface area contributed by atoms with Crippen LogP contribution in [0.25, 0.3) is 44.4 Å². The molecular weight excluding hydrogens is 547 g/mol. The van der Waals surface area contributed by atoms with Crippen molar-refractivity contribution in [3.8, 4) is 34.1 Å². The van der Waals surface area contributed by atoms with Gasteiger partial charge in [0.25, 0.3) is 0 Å². The number of hydrogen-bond donors (Lipinski definition) is 0. The van der Waals surface area contributed by atoms with E-state index in [0.29, 0.717) is 17.3 Å². The largest absolute Gasteiger partial charge is 0.457 e. The van der Waals surface area contributed by atoms with Gasteiger partial charge in [-0.15, -0.1) is 0 Å². The second kappa shape index (κ2) is 10.5. The van der Waals surface area contributed by atoms with E-state index in [9.17, 15) is 4.39 Å². The summed E-state index contributed by atoms with van der Waals surface area (Å²) in [5, 5.41) is 7.02. The molecule has 3 heterocycles. The Balaban J connectivity index is 1.25. The number of pyridine rings is 1. The van der Waals surface area contributed by atoms with Crippen molar-refractivity contribution in [2.45, 2.75) is 40.0 Å². The Labute approximate surface area is 256 Å². The molecule has 0 radical (unpaired) electrons. The van der Waals surface area contributed by atoms with Crippen LogP contribution >= 0.6 is 0 Å². The molecule has 0 saturated carbocycles. The van der Waals surface area contributed by atoms with Crippen molar-refractivity contribution in [3.05, 3.63) is 132 Å². The summed E-state index contributed by atoms with van der Waals surface area (Å²) < 4.78 is 24.6. The summed E-state index contributed by atoms with van der Waals surface area (Å²) in [4.78, 5) is 4.47. The summed E-state index contributed by atoms with van der Waals surface area (Å²) in [5.41, 5.74) is 8.50. The van der Waals surface area contributed by atoms with Gasteiger partial charge in [0.2, 0.25) is 0 Å². The van der Waals surface area contributed by atoms with Crippen molar-refractivity contribution >= 4 is 21.8 Å². The van der Waals surface area contributed by atoms with E-state index in [4.69, 9.17) is 9.84 Å². The van der Waals surface area contributed by atoms with E-state index < -0.39 is 0 Å². The molecule has 0 aliphatic rings. The highest BCUT2D eigenvalue weighted by atomic mass is 19.1. The lowest BCUT2D eigenvalue weighted by molar-refractivity contribution is 0.482. The Bertz CT molecular complexity index is 2170. The summed E-state index contributed by atoms with van der Waals surface area (Å²) in [6, 6.07) is 33.6. The number of ether oxygens (including phenoxy) is 1. The van der Waals surface area contributed by atoms with Crippen LogP contribution in [0.5, 0.6) is 11.5 Å². The van der Waals surface area contributed by atoms with E-state index >= 15 is 0 Å².